The van der Waals surface area contributed by atoms with E-state index in [4.69, 9.17) is 4.74 Å². The molecule has 142 valence electrons. The van der Waals surface area contributed by atoms with E-state index in [2.05, 4.69) is 5.32 Å². The van der Waals surface area contributed by atoms with Crippen molar-refractivity contribution in [2.24, 2.45) is 0 Å². The molecule has 0 radical (unpaired) electrons. The third-order valence-corrected chi connectivity index (χ3v) is 3.84. The number of carbonyl (C=O) groups excluding carboxylic acids is 2. The van der Waals surface area contributed by atoms with E-state index in [1.807, 2.05) is 31.2 Å². The molecule has 0 saturated carbocycles. The van der Waals surface area contributed by atoms with Crippen molar-refractivity contribution in [3.63, 3.8) is 0 Å². The Labute approximate surface area is 157 Å². The van der Waals surface area contributed by atoms with Crippen LogP contribution >= 0.6 is 0 Å². The molecule has 7 nitrogen and oxygen atoms in total. The van der Waals surface area contributed by atoms with E-state index in [0.29, 0.717) is 0 Å². The fourth-order valence-corrected chi connectivity index (χ4v) is 2.53. The van der Waals surface area contributed by atoms with Crippen LogP contribution in [-0.2, 0) is 9.53 Å². The highest BCUT2D eigenvalue weighted by molar-refractivity contribution is 5.95. The van der Waals surface area contributed by atoms with Crippen LogP contribution in [0.2, 0.25) is 0 Å². The lowest BCUT2D eigenvalue weighted by atomic mass is 10.0. The van der Waals surface area contributed by atoms with E-state index in [1.165, 1.54) is 24.3 Å². The third kappa shape index (κ3) is 5.91. The van der Waals surface area contributed by atoms with E-state index in [9.17, 15) is 19.7 Å². The number of nitro benzene ring substituents is 1. The number of ether oxygens (including phenoxy) is 1. The minimum atomic E-state index is -0.608. The number of nitro groups is 1. The first kappa shape index (κ1) is 20.1. The molecule has 0 saturated heterocycles. The standard InChI is InChI=1S/C20H22N2O5/c1-13(2)27-19(23)12-18(15-9-7-14(3)8-10-15)21-20(24)16-5-4-6-17(11-16)22(25)26/h4-11,13,18H,12H2,1-3H3,(H,21,24). The Morgan fingerprint density at radius 2 is 1.81 bits per heavy atom. The number of aryl methyl sites for hydroxylation is 1. The number of rotatable bonds is 7. The largest absolute Gasteiger partial charge is 0.463 e. The summed E-state index contributed by atoms with van der Waals surface area (Å²) in [5.74, 6) is -0.934. The number of benzene rings is 2. The predicted molar refractivity (Wildman–Crippen MR) is 100 cm³/mol. The lowest BCUT2D eigenvalue weighted by Crippen LogP contribution is -2.31. The van der Waals surface area contributed by atoms with Gasteiger partial charge in [0.2, 0.25) is 0 Å². The van der Waals surface area contributed by atoms with Gasteiger partial charge >= 0.3 is 5.97 Å². The topological polar surface area (TPSA) is 98.5 Å². The Kier molecular flexibility index (Phi) is 6.65. The Morgan fingerprint density at radius 3 is 2.41 bits per heavy atom. The van der Waals surface area contributed by atoms with Crippen LogP contribution in [0.3, 0.4) is 0 Å². The molecule has 1 amide bonds. The highest BCUT2D eigenvalue weighted by Crippen LogP contribution is 2.20. The van der Waals surface area contributed by atoms with Gasteiger partial charge in [-0.2, -0.15) is 0 Å². The number of hydrogen-bond donors (Lipinski definition) is 1. The second-order valence-corrected chi connectivity index (χ2v) is 6.49. The first-order valence-electron chi connectivity index (χ1n) is 8.57. The van der Waals surface area contributed by atoms with Crippen molar-refractivity contribution in [1.82, 2.24) is 5.32 Å². The summed E-state index contributed by atoms with van der Waals surface area (Å²) in [6.45, 7) is 5.44. The Balaban J connectivity index is 2.23. The van der Waals surface area contributed by atoms with E-state index < -0.39 is 22.8 Å². The summed E-state index contributed by atoms with van der Waals surface area (Å²) >= 11 is 0. The SMILES string of the molecule is Cc1ccc(C(CC(=O)OC(C)C)NC(=O)c2cccc([N+](=O)[O-])c2)cc1. The maximum Gasteiger partial charge on any atom is 0.308 e. The highest BCUT2D eigenvalue weighted by atomic mass is 16.6. The van der Waals surface area contributed by atoms with E-state index >= 15 is 0 Å². The number of carbonyl (C=O) groups is 2. The Morgan fingerprint density at radius 1 is 1.15 bits per heavy atom. The highest BCUT2D eigenvalue weighted by Gasteiger charge is 2.21. The molecular formula is C20H22N2O5. The normalized spacial score (nSPS) is 11.7. The molecule has 7 heteroatoms. The zero-order valence-electron chi connectivity index (χ0n) is 15.5. The number of nitrogens with zero attached hydrogens (tertiary/aromatic N) is 1. The second kappa shape index (κ2) is 8.93. The smallest absolute Gasteiger partial charge is 0.308 e. The first-order valence-corrected chi connectivity index (χ1v) is 8.57. The van der Waals surface area contributed by atoms with Crippen LogP contribution < -0.4 is 5.32 Å². The van der Waals surface area contributed by atoms with Gasteiger partial charge in [-0.15, -0.1) is 0 Å². The molecule has 0 aliphatic rings. The zero-order valence-corrected chi connectivity index (χ0v) is 15.5. The van der Waals surface area contributed by atoms with Crippen molar-refractivity contribution < 1.29 is 19.2 Å². The molecule has 0 heterocycles. The molecule has 2 rings (SSSR count). The van der Waals surface area contributed by atoms with Gasteiger partial charge in [0.15, 0.2) is 0 Å². The number of nitrogens with one attached hydrogen (secondary N) is 1. The number of non-ortho nitro benzene ring substituents is 1. The number of amides is 1. The summed E-state index contributed by atoms with van der Waals surface area (Å²) in [6.07, 6.45) is -0.300. The van der Waals surface area contributed by atoms with Gasteiger partial charge in [0.05, 0.1) is 23.5 Å². The molecular weight excluding hydrogens is 348 g/mol. The van der Waals surface area contributed by atoms with Crippen LogP contribution in [0.4, 0.5) is 5.69 Å². The van der Waals surface area contributed by atoms with Gasteiger partial charge in [-0.25, -0.2) is 0 Å². The molecule has 2 aromatic rings. The molecule has 0 aromatic heterocycles. The molecule has 2 aromatic carbocycles. The fourth-order valence-electron chi connectivity index (χ4n) is 2.53. The van der Waals surface area contributed by atoms with Crippen LogP contribution in [0.25, 0.3) is 0 Å². The lowest BCUT2D eigenvalue weighted by molar-refractivity contribution is -0.384. The van der Waals surface area contributed by atoms with Crippen LogP contribution in [0.15, 0.2) is 48.5 Å². The quantitative estimate of drug-likeness (QED) is 0.455. The zero-order chi connectivity index (χ0) is 20.0. The first-order chi connectivity index (χ1) is 12.8. The number of esters is 1. The maximum atomic E-state index is 12.6. The Hall–Kier alpha value is -3.22. The summed E-state index contributed by atoms with van der Waals surface area (Å²) in [6, 6.07) is 12.3. The van der Waals surface area contributed by atoms with Crippen LogP contribution in [0, 0.1) is 17.0 Å². The van der Waals surface area contributed by atoms with Crippen LogP contribution in [0.5, 0.6) is 0 Å². The van der Waals surface area contributed by atoms with Gasteiger partial charge in [-0.1, -0.05) is 35.9 Å². The Bertz CT molecular complexity index is 831. The molecule has 0 aliphatic carbocycles. The molecule has 1 N–H and O–H groups in total. The molecule has 0 spiro atoms. The van der Waals surface area contributed by atoms with Crippen molar-refractivity contribution >= 4 is 17.6 Å². The summed E-state index contributed by atoms with van der Waals surface area (Å²) in [4.78, 5) is 35.0. The van der Waals surface area contributed by atoms with Gasteiger partial charge in [0.1, 0.15) is 0 Å². The minimum Gasteiger partial charge on any atom is -0.463 e. The fraction of sp³-hybridized carbons (Fsp3) is 0.300. The molecule has 0 fully saturated rings. The van der Waals surface area contributed by atoms with Gasteiger partial charge in [-0.05, 0) is 32.4 Å². The molecule has 0 bridgehead atoms. The van der Waals surface area contributed by atoms with Gasteiger partial charge in [0.25, 0.3) is 11.6 Å². The van der Waals surface area contributed by atoms with Gasteiger partial charge in [-0.3, -0.25) is 19.7 Å². The number of hydrogen-bond acceptors (Lipinski definition) is 5. The summed E-state index contributed by atoms with van der Waals surface area (Å²) < 4.78 is 5.18. The summed E-state index contributed by atoms with van der Waals surface area (Å²) in [5, 5.41) is 13.7. The second-order valence-electron chi connectivity index (χ2n) is 6.49. The van der Waals surface area contributed by atoms with Crippen molar-refractivity contribution in [3.05, 3.63) is 75.3 Å². The molecule has 0 aliphatic heterocycles. The molecule has 1 atom stereocenters. The van der Waals surface area contributed by atoms with Crippen molar-refractivity contribution in [1.29, 1.82) is 0 Å². The summed E-state index contributed by atoms with van der Waals surface area (Å²) in [5.41, 5.74) is 1.78. The van der Waals surface area contributed by atoms with Gasteiger partial charge in [0, 0.05) is 17.7 Å². The van der Waals surface area contributed by atoms with E-state index in [0.717, 1.165) is 11.1 Å². The van der Waals surface area contributed by atoms with Crippen molar-refractivity contribution in [2.75, 3.05) is 0 Å². The van der Waals surface area contributed by atoms with Gasteiger partial charge < -0.3 is 10.1 Å². The van der Waals surface area contributed by atoms with Crippen molar-refractivity contribution in [3.8, 4) is 0 Å². The minimum absolute atomic E-state index is 0.0398. The average molecular weight is 370 g/mol. The predicted octanol–water partition coefficient (Wildman–Crippen LogP) is 3.72. The third-order valence-electron chi connectivity index (χ3n) is 3.84. The lowest BCUT2D eigenvalue weighted by Gasteiger charge is -2.19. The summed E-state index contributed by atoms with van der Waals surface area (Å²) in [7, 11) is 0. The molecule has 1 unspecified atom stereocenters. The molecule has 27 heavy (non-hydrogen) atoms. The van der Waals surface area contributed by atoms with Crippen molar-refractivity contribution in [2.45, 2.75) is 39.3 Å². The van der Waals surface area contributed by atoms with E-state index in [-0.39, 0.29) is 23.8 Å². The monoisotopic (exact) mass is 370 g/mol. The van der Waals surface area contributed by atoms with Crippen LogP contribution in [-0.4, -0.2) is 22.9 Å². The average Bonchev–Trinajstić information content (AvgIpc) is 2.61. The maximum absolute atomic E-state index is 12.6. The van der Waals surface area contributed by atoms with Crippen LogP contribution in [0.1, 0.15) is 47.8 Å². The van der Waals surface area contributed by atoms with E-state index in [1.54, 1.807) is 13.8 Å².